The Hall–Kier alpha value is -4.44. The highest BCUT2D eigenvalue weighted by molar-refractivity contribution is 8.14. The number of methoxy groups -OCH3 is 1. The molecule has 1 amide bonds. The van der Waals surface area contributed by atoms with Gasteiger partial charge < -0.3 is 14.5 Å². The van der Waals surface area contributed by atoms with Gasteiger partial charge in [-0.1, -0.05) is 42.1 Å². The summed E-state index contributed by atoms with van der Waals surface area (Å²) in [6, 6.07) is 20.3. The molecule has 192 valence electrons. The zero-order valence-electron chi connectivity index (χ0n) is 20.1. The zero-order valence-corrected chi connectivity index (χ0v) is 20.9. The van der Waals surface area contributed by atoms with Crippen molar-refractivity contribution in [3.8, 4) is 11.5 Å². The van der Waals surface area contributed by atoms with E-state index >= 15 is 0 Å². The summed E-state index contributed by atoms with van der Waals surface area (Å²) in [5.41, 5.74) is 2.71. The lowest BCUT2D eigenvalue weighted by Crippen LogP contribution is -2.30. The van der Waals surface area contributed by atoms with Crippen LogP contribution in [0.3, 0.4) is 0 Å². The molecule has 0 radical (unpaired) electrons. The maximum atomic E-state index is 13.4. The number of aromatic amines is 1. The second kappa shape index (κ2) is 10.9. The van der Waals surface area contributed by atoms with Crippen LogP contribution < -0.4 is 14.4 Å². The van der Waals surface area contributed by atoms with E-state index in [-0.39, 0.29) is 23.0 Å². The number of H-pyrrole nitrogens is 1. The predicted octanol–water partition coefficient (Wildman–Crippen LogP) is 6.14. The van der Waals surface area contributed by atoms with Crippen LogP contribution in [0, 0.1) is 0 Å². The van der Waals surface area contributed by atoms with Crippen molar-refractivity contribution in [1.29, 1.82) is 0 Å². The number of aliphatic imine (C=N–C) groups is 1. The fraction of sp³-hybridized carbons (Fsp3) is 0.107. The van der Waals surface area contributed by atoms with Crippen LogP contribution in [0.4, 0.5) is 14.5 Å². The molecule has 1 aliphatic rings. The standard InChI is InChI=1S/C28H21F2N3O4S/c1-36-19-10-6-17(7-11-19)14-24-26(35)33(18-8-12-20(13-9-18)37-27(29)30)28(32-24)38-16-25(34)22-15-31-23-5-3-2-4-21(22)23/h2-15,27,31H,16H2,1H3/b24-14+. The lowest BCUT2D eigenvalue weighted by molar-refractivity contribution is -0.113. The number of Topliss-reactive ketones (excluding diaryl/α,β-unsaturated/α-hetero) is 1. The highest BCUT2D eigenvalue weighted by Gasteiger charge is 2.32. The maximum Gasteiger partial charge on any atom is 0.387 e. The Balaban J connectivity index is 1.43. The van der Waals surface area contributed by atoms with Crippen LogP contribution in [0.25, 0.3) is 17.0 Å². The molecule has 7 nitrogen and oxygen atoms in total. The molecule has 0 saturated heterocycles. The van der Waals surface area contributed by atoms with E-state index in [1.807, 2.05) is 24.3 Å². The number of para-hydroxylation sites is 1. The molecule has 0 atom stereocenters. The summed E-state index contributed by atoms with van der Waals surface area (Å²) >= 11 is 1.12. The van der Waals surface area contributed by atoms with Gasteiger partial charge in [-0.05, 0) is 54.1 Å². The van der Waals surface area contributed by atoms with E-state index in [2.05, 4.69) is 14.7 Å². The van der Waals surface area contributed by atoms with Gasteiger partial charge >= 0.3 is 6.61 Å². The van der Waals surface area contributed by atoms with Gasteiger partial charge in [0.2, 0.25) is 0 Å². The van der Waals surface area contributed by atoms with E-state index in [0.717, 1.165) is 28.2 Å². The number of amidine groups is 1. The average molecular weight is 534 g/mol. The fourth-order valence-corrected chi connectivity index (χ4v) is 4.86. The number of ether oxygens (including phenoxy) is 2. The quantitative estimate of drug-likeness (QED) is 0.217. The van der Waals surface area contributed by atoms with E-state index in [9.17, 15) is 18.4 Å². The van der Waals surface area contributed by atoms with Crippen LogP contribution in [0.2, 0.25) is 0 Å². The number of thioether (sulfide) groups is 1. The molecule has 0 bridgehead atoms. The largest absolute Gasteiger partial charge is 0.497 e. The Morgan fingerprint density at radius 1 is 1.05 bits per heavy atom. The van der Waals surface area contributed by atoms with Crippen molar-refractivity contribution in [2.24, 2.45) is 4.99 Å². The van der Waals surface area contributed by atoms with Crippen molar-refractivity contribution in [2.45, 2.75) is 6.61 Å². The Morgan fingerprint density at radius 3 is 2.47 bits per heavy atom. The summed E-state index contributed by atoms with van der Waals surface area (Å²) in [6.07, 6.45) is 3.31. The number of carbonyl (C=O) groups is 2. The van der Waals surface area contributed by atoms with Crippen molar-refractivity contribution >= 4 is 51.3 Å². The molecule has 0 fully saturated rings. The topological polar surface area (TPSA) is 84.0 Å². The van der Waals surface area contributed by atoms with Gasteiger partial charge in [0.1, 0.15) is 17.2 Å². The van der Waals surface area contributed by atoms with E-state index in [4.69, 9.17) is 4.74 Å². The SMILES string of the molecule is COc1ccc(/C=C2/N=C(SCC(=O)c3c[nH]c4ccccc34)N(c3ccc(OC(F)F)cc3)C2=O)cc1. The van der Waals surface area contributed by atoms with Gasteiger partial charge in [-0.2, -0.15) is 8.78 Å². The van der Waals surface area contributed by atoms with Gasteiger partial charge in [0.05, 0.1) is 18.6 Å². The van der Waals surface area contributed by atoms with Gasteiger partial charge in [-0.25, -0.2) is 4.99 Å². The van der Waals surface area contributed by atoms with E-state index < -0.39 is 12.5 Å². The summed E-state index contributed by atoms with van der Waals surface area (Å²) in [7, 11) is 1.56. The molecular formula is C28H21F2N3O4S. The number of hydrogen-bond acceptors (Lipinski definition) is 6. The van der Waals surface area contributed by atoms with Crippen molar-refractivity contribution in [3.05, 3.63) is 95.8 Å². The minimum absolute atomic E-state index is 0.0346. The van der Waals surface area contributed by atoms with Gasteiger partial charge in [-0.3, -0.25) is 14.5 Å². The number of anilines is 1. The van der Waals surface area contributed by atoms with Crippen LogP contribution >= 0.6 is 11.8 Å². The number of alkyl halides is 2. The Labute approximate surface area is 220 Å². The highest BCUT2D eigenvalue weighted by Crippen LogP contribution is 2.32. The zero-order chi connectivity index (χ0) is 26.6. The summed E-state index contributed by atoms with van der Waals surface area (Å²) in [4.78, 5) is 35.5. The van der Waals surface area contributed by atoms with Crippen LogP contribution in [0.5, 0.6) is 11.5 Å². The second-order valence-electron chi connectivity index (χ2n) is 8.17. The van der Waals surface area contributed by atoms with E-state index in [1.54, 1.807) is 43.6 Å². The highest BCUT2D eigenvalue weighted by atomic mass is 32.2. The van der Waals surface area contributed by atoms with Gasteiger partial charge in [0, 0.05) is 22.7 Å². The molecule has 4 aromatic rings. The number of benzene rings is 3. The molecule has 10 heteroatoms. The van der Waals surface area contributed by atoms with E-state index in [1.165, 1.54) is 29.2 Å². The third kappa shape index (κ3) is 5.30. The first kappa shape index (κ1) is 25.2. The first-order chi connectivity index (χ1) is 18.4. The number of nitrogens with zero attached hydrogens (tertiary/aromatic N) is 2. The molecule has 1 aliphatic heterocycles. The van der Waals surface area contributed by atoms with Crippen LogP contribution in [0.1, 0.15) is 15.9 Å². The lowest BCUT2D eigenvalue weighted by atomic mass is 10.1. The van der Waals surface area contributed by atoms with E-state index in [0.29, 0.717) is 22.2 Å². The molecule has 0 spiro atoms. The number of halogens is 2. The first-order valence-corrected chi connectivity index (χ1v) is 12.5. The molecule has 3 aromatic carbocycles. The molecule has 0 aliphatic carbocycles. The molecule has 5 rings (SSSR count). The molecule has 2 heterocycles. The number of fused-ring (bicyclic) bond motifs is 1. The summed E-state index contributed by atoms with van der Waals surface area (Å²) in [5.74, 6) is 0.131. The molecule has 1 aromatic heterocycles. The van der Waals surface area contributed by atoms with Gasteiger partial charge in [0.25, 0.3) is 5.91 Å². The number of hydrogen-bond donors (Lipinski definition) is 1. The number of amides is 1. The molecular weight excluding hydrogens is 512 g/mol. The monoisotopic (exact) mass is 533 g/mol. The summed E-state index contributed by atoms with van der Waals surface area (Å²) in [6.45, 7) is -2.96. The third-order valence-corrected chi connectivity index (χ3v) is 6.73. The summed E-state index contributed by atoms with van der Waals surface area (Å²) < 4.78 is 34.8. The van der Waals surface area contributed by atoms with Gasteiger partial charge in [-0.15, -0.1) is 0 Å². The number of carbonyl (C=O) groups excluding carboxylic acids is 2. The van der Waals surface area contributed by atoms with Crippen molar-refractivity contribution in [2.75, 3.05) is 17.8 Å². The first-order valence-electron chi connectivity index (χ1n) is 11.5. The lowest BCUT2D eigenvalue weighted by Gasteiger charge is -2.18. The minimum atomic E-state index is -2.96. The number of nitrogens with one attached hydrogen (secondary N) is 1. The predicted molar refractivity (Wildman–Crippen MR) is 144 cm³/mol. The normalized spacial score (nSPS) is 14.4. The van der Waals surface area contributed by atoms with Crippen molar-refractivity contribution in [1.82, 2.24) is 4.98 Å². The molecule has 0 saturated carbocycles. The third-order valence-electron chi connectivity index (χ3n) is 5.79. The summed E-state index contributed by atoms with van der Waals surface area (Å²) in [5, 5.41) is 1.11. The maximum absolute atomic E-state index is 13.4. The Kier molecular flexibility index (Phi) is 7.23. The second-order valence-corrected chi connectivity index (χ2v) is 9.11. The van der Waals surface area contributed by atoms with Crippen LogP contribution in [-0.2, 0) is 4.79 Å². The fourth-order valence-electron chi connectivity index (χ4n) is 3.97. The van der Waals surface area contributed by atoms with Crippen LogP contribution in [-0.4, -0.2) is 41.3 Å². The number of rotatable bonds is 8. The molecule has 1 N–H and O–H groups in total. The Morgan fingerprint density at radius 2 is 1.76 bits per heavy atom. The average Bonchev–Trinajstić information content (AvgIpc) is 3.49. The molecule has 38 heavy (non-hydrogen) atoms. The Bertz CT molecular complexity index is 1550. The molecule has 0 unspecified atom stereocenters. The van der Waals surface area contributed by atoms with Gasteiger partial charge in [0.15, 0.2) is 11.0 Å². The minimum Gasteiger partial charge on any atom is -0.497 e. The number of ketones is 1. The van der Waals surface area contributed by atoms with Crippen molar-refractivity contribution in [3.63, 3.8) is 0 Å². The smallest absolute Gasteiger partial charge is 0.387 e. The van der Waals surface area contributed by atoms with Crippen LogP contribution in [0.15, 0.2) is 89.7 Å². The van der Waals surface area contributed by atoms with Crippen molar-refractivity contribution < 1.29 is 27.8 Å². The number of aromatic nitrogens is 1.